The van der Waals surface area contributed by atoms with Crippen molar-refractivity contribution >= 4 is 5.97 Å². The second-order valence-corrected chi connectivity index (χ2v) is 8.88. The zero-order valence-corrected chi connectivity index (χ0v) is 21.6. The second kappa shape index (κ2) is 11.0. The lowest BCUT2D eigenvalue weighted by atomic mass is 9.78. The van der Waals surface area contributed by atoms with Gasteiger partial charge in [0.25, 0.3) is 0 Å². The summed E-state index contributed by atoms with van der Waals surface area (Å²) in [6.07, 6.45) is -0.324. The first-order valence-electron chi connectivity index (χ1n) is 11.8. The van der Waals surface area contributed by atoms with Crippen molar-refractivity contribution in [2.75, 3.05) is 35.5 Å². The molecule has 1 unspecified atom stereocenters. The topological polar surface area (TPSA) is 72.5 Å². The fourth-order valence-electron chi connectivity index (χ4n) is 5.13. The molecular formula is C28H29F3O7. The molecule has 0 N–H and O–H groups in total. The third-order valence-corrected chi connectivity index (χ3v) is 6.88. The van der Waals surface area contributed by atoms with E-state index < -0.39 is 30.1 Å². The zero-order valence-electron chi connectivity index (χ0n) is 21.6. The van der Waals surface area contributed by atoms with Crippen LogP contribution in [0.15, 0.2) is 54.1 Å². The van der Waals surface area contributed by atoms with Crippen LogP contribution in [0.2, 0.25) is 0 Å². The lowest BCUT2D eigenvalue weighted by molar-refractivity contribution is -0.206. The quantitative estimate of drug-likeness (QED) is 0.406. The Balaban J connectivity index is 1.99. The van der Waals surface area contributed by atoms with Crippen molar-refractivity contribution in [2.45, 2.75) is 36.6 Å². The molecule has 0 aliphatic heterocycles. The molecule has 10 heteroatoms. The van der Waals surface area contributed by atoms with E-state index in [9.17, 15) is 18.0 Å². The lowest BCUT2D eigenvalue weighted by Gasteiger charge is -2.29. The van der Waals surface area contributed by atoms with Crippen molar-refractivity contribution in [1.82, 2.24) is 0 Å². The summed E-state index contributed by atoms with van der Waals surface area (Å²) in [6, 6.07) is 8.31. The molecule has 0 aromatic heterocycles. The predicted molar refractivity (Wildman–Crippen MR) is 132 cm³/mol. The monoisotopic (exact) mass is 534 g/mol. The fraction of sp³-hybridized carbons (Fsp3) is 0.393. The van der Waals surface area contributed by atoms with Crippen LogP contribution in [0.25, 0.3) is 0 Å². The van der Waals surface area contributed by atoms with Crippen LogP contribution in [0.4, 0.5) is 13.2 Å². The minimum atomic E-state index is -5.19. The number of hydrogen-bond donors (Lipinski definition) is 0. The van der Waals surface area contributed by atoms with E-state index in [4.69, 9.17) is 28.4 Å². The minimum Gasteiger partial charge on any atom is -0.497 e. The third kappa shape index (κ3) is 5.18. The number of methoxy groups -OCH3 is 5. The Morgan fingerprint density at radius 1 is 0.868 bits per heavy atom. The molecule has 2 aliphatic rings. The molecule has 204 valence electrons. The summed E-state index contributed by atoms with van der Waals surface area (Å²) in [5.41, 5.74) is 2.34. The van der Waals surface area contributed by atoms with Gasteiger partial charge in [-0.05, 0) is 35.8 Å². The average molecular weight is 535 g/mol. The first-order valence-corrected chi connectivity index (χ1v) is 11.8. The standard InChI is InChI=1S/C28H29F3O7/c1-33-17-8-6-15(7-9-17)23-24(16-10-18(34-2)12-19(11-16)35-3)26(38-27(32)28(29,30)31)21-13-20(36-4)14-22(37-5)25(21)23/h6-8,10-14,17,23-24,26H,9H2,1-5H3/t17?,23-,24-,26-/m1/s1. The van der Waals surface area contributed by atoms with Gasteiger partial charge in [0.2, 0.25) is 0 Å². The van der Waals surface area contributed by atoms with Crippen molar-refractivity contribution in [1.29, 1.82) is 0 Å². The van der Waals surface area contributed by atoms with E-state index in [2.05, 4.69) is 0 Å². The van der Waals surface area contributed by atoms with E-state index >= 15 is 0 Å². The zero-order chi connectivity index (χ0) is 27.6. The molecule has 4 rings (SSSR count). The molecule has 0 radical (unpaired) electrons. The van der Waals surface area contributed by atoms with E-state index in [1.807, 2.05) is 18.2 Å². The molecule has 0 saturated carbocycles. The van der Waals surface area contributed by atoms with Gasteiger partial charge in [-0.15, -0.1) is 0 Å². The molecule has 2 aromatic rings. The highest BCUT2D eigenvalue weighted by molar-refractivity contribution is 5.76. The number of hydrogen-bond acceptors (Lipinski definition) is 7. The number of esters is 1. The Morgan fingerprint density at radius 2 is 1.50 bits per heavy atom. The van der Waals surface area contributed by atoms with Gasteiger partial charge >= 0.3 is 12.1 Å². The Morgan fingerprint density at radius 3 is 2.00 bits per heavy atom. The highest BCUT2D eigenvalue weighted by Crippen LogP contribution is 2.60. The van der Waals surface area contributed by atoms with Crippen LogP contribution in [0.1, 0.15) is 41.1 Å². The van der Waals surface area contributed by atoms with Gasteiger partial charge in [-0.1, -0.05) is 18.2 Å². The van der Waals surface area contributed by atoms with Gasteiger partial charge in [-0.25, -0.2) is 4.79 Å². The number of halogens is 3. The first kappa shape index (κ1) is 27.4. The molecule has 0 fully saturated rings. The van der Waals surface area contributed by atoms with Crippen LogP contribution < -0.4 is 18.9 Å². The summed E-state index contributed by atoms with van der Waals surface area (Å²) >= 11 is 0. The van der Waals surface area contributed by atoms with Crippen molar-refractivity contribution < 1.29 is 46.4 Å². The van der Waals surface area contributed by atoms with Crippen LogP contribution in [-0.2, 0) is 14.3 Å². The summed E-state index contributed by atoms with van der Waals surface area (Å²) < 4.78 is 73.0. The number of benzene rings is 2. The predicted octanol–water partition coefficient (Wildman–Crippen LogP) is 5.65. The summed E-state index contributed by atoms with van der Waals surface area (Å²) in [7, 11) is 7.46. The number of allylic oxidation sites excluding steroid dienone is 2. The smallest absolute Gasteiger partial charge is 0.490 e. The van der Waals surface area contributed by atoms with E-state index in [1.165, 1.54) is 28.4 Å². The average Bonchev–Trinajstić information content (AvgIpc) is 3.25. The van der Waals surface area contributed by atoms with Crippen molar-refractivity contribution in [3.8, 4) is 23.0 Å². The summed E-state index contributed by atoms with van der Waals surface area (Å²) in [5.74, 6) is -1.98. The molecule has 2 aliphatic carbocycles. The second-order valence-electron chi connectivity index (χ2n) is 8.88. The number of ether oxygens (including phenoxy) is 6. The van der Waals surface area contributed by atoms with Crippen LogP contribution in [0, 0.1) is 0 Å². The third-order valence-electron chi connectivity index (χ3n) is 6.88. The van der Waals surface area contributed by atoms with Gasteiger partial charge in [-0.3, -0.25) is 0 Å². The maximum atomic E-state index is 13.5. The van der Waals surface area contributed by atoms with Crippen molar-refractivity contribution in [3.63, 3.8) is 0 Å². The maximum Gasteiger partial charge on any atom is 0.490 e. The molecular weight excluding hydrogens is 505 g/mol. The normalized spacial score (nSPS) is 22.4. The van der Waals surface area contributed by atoms with Gasteiger partial charge < -0.3 is 28.4 Å². The van der Waals surface area contributed by atoms with E-state index in [1.54, 1.807) is 37.4 Å². The van der Waals surface area contributed by atoms with E-state index in [-0.39, 0.29) is 6.10 Å². The van der Waals surface area contributed by atoms with Gasteiger partial charge in [0.15, 0.2) is 0 Å². The number of fused-ring (bicyclic) bond motifs is 1. The molecule has 0 heterocycles. The Bertz CT molecular complexity index is 1230. The fourth-order valence-corrected chi connectivity index (χ4v) is 5.13. The largest absolute Gasteiger partial charge is 0.497 e. The number of carbonyl (C=O) groups excluding carboxylic acids is 1. The van der Waals surface area contributed by atoms with Crippen molar-refractivity contribution in [2.24, 2.45) is 0 Å². The first-order chi connectivity index (χ1) is 18.1. The molecule has 0 bridgehead atoms. The molecule has 7 nitrogen and oxygen atoms in total. The van der Waals surface area contributed by atoms with E-state index in [0.29, 0.717) is 46.1 Å². The minimum absolute atomic E-state index is 0.133. The maximum absolute atomic E-state index is 13.5. The van der Waals surface area contributed by atoms with Gasteiger partial charge in [0.05, 0.1) is 34.5 Å². The lowest BCUT2D eigenvalue weighted by Crippen LogP contribution is -2.28. The Hall–Kier alpha value is -3.66. The molecule has 38 heavy (non-hydrogen) atoms. The number of alkyl halides is 3. The van der Waals surface area contributed by atoms with E-state index in [0.717, 1.165) is 5.57 Å². The highest BCUT2D eigenvalue weighted by Gasteiger charge is 2.51. The molecule has 2 aromatic carbocycles. The molecule has 4 atom stereocenters. The highest BCUT2D eigenvalue weighted by atomic mass is 19.4. The molecule has 0 spiro atoms. The Labute approximate surface area is 218 Å². The van der Waals surface area contributed by atoms with Crippen LogP contribution in [-0.4, -0.2) is 53.8 Å². The van der Waals surface area contributed by atoms with Gasteiger partial charge in [0.1, 0.15) is 29.1 Å². The van der Waals surface area contributed by atoms with Crippen LogP contribution >= 0.6 is 0 Å². The summed E-state index contributed by atoms with van der Waals surface area (Å²) in [5, 5.41) is 0. The Kier molecular flexibility index (Phi) is 7.91. The number of rotatable bonds is 8. The number of carbonyl (C=O) groups is 1. The van der Waals surface area contributed by atoms with Gasteiger partial charge in [-0.2, -0.15) is 13.2 Å². The molecule has 0 amide bonds. The van der Waals surface area contributed by atoms with Crippen molar-refractivity contribution in [3.05, 3.63) is 70.8 Å². The summed E-state index contributed by atoms with van der Waals surface area (Å²) in [6.45, 7) is 0. The van der Waals surface area contributed by atoms with Gasteiger partial charge in [0, 0.05) is 42.2 Å². The summed E-state index contributed by atoms with van der Waals surface area (Å²) in [4.78, 5) is 12.2. The SMILES string of the molecule is COc1cc(OC)cc([C@H]2[C@H](OC(=O)C(F)(F)F)c3cc(OC)cc(OC)c3[C@@H]2C2=CCC(OC)C=C2)c1. The van der Waals surface area contributed by atoms with Crippen LogP contribution in [0.3, 0.4) is 0 Å². The van der Waals surface area contributed by atoms with Crippen LogP contribution in [0.5, 0.6) is 23.0 Å². The molecule has 0 saturated heterocycles.